The van der Waals surface area contributed by atoms with Gasteiger partial charge in [0, 0.05) is 29.5 Å². The summed E-state index contributed by atoms with van der Waals surface area (Å²) in [5.41, 5.74) is -0.561. The molecule has 6 heteroatoms. The van der Waals surface area contributed by atoms with Crippen LogP contribution in [0.1, 0.15) is 44.0 Å². The van der Waals surface area contributed by atoms with Gasteiger partial charge < -0.3 is 4.74 Å². The first kappa shape index (κ1) is 16.4. The van der Waals surface area contributed by atoms with Crippen molar-refractivity contribution in [3.8, 4) is 0 Å². The molecular weight excluding hydrogens is 310 g/mol. The van der Waals surface area contributed by atoms with Crippen LogP contribution in [0.4, 0.5) is 5.69 Å². The first-order valence-electron chi connectivity index (χ1n) is 7.89. The minimum absolute atomic E-state index is 0.00671. The standard InChI is InChI=1S/C18H19NO5/c1-17(2)13-8-9-18(17,3)15(20)10-14(13)24-16(21)11-4-6-12(7-5-11)19(22)23/h4-7,10,13H,8-9H2,1-3H3/t13-,18-/m0/s1. The number of hydrogen-bond donors (Lipinski definition) is 0. The normalized spacial score (nSPS) is 27.5. The molecule has 1 aromatic carbocycles. The SMILES string of the molecule is CC1(C)[C@H]2CC[C@@]1(C)C(=O)C=C2OC(=O)c1ccc([N+](=O)[O-])cc1. The zero-order chi connectivity index (χ0) is 17.7. The predicted molar refractivity (Wildman–Crippen MR) is 86.2 cm³/mol. The third-order valence-electron chi connectivity index (χ3n) is 5.91. The molecule has 2 atom stereocenters. The largest absolute Gasteiger partial charge is 0.427 e. The molecule has 1 saturated carbocycles. The molecule has 0 saturated heterocycles. The summed E-state index contributed by atoms with van der Waals surface area (Å²) in [6.45, 7) is 6.05. The molecule has 1 aromatic rings. The fourth-order valence-corrected chi connectivity index (χ4v) is 3.81. The number of rotatable bonds is 3. The Hall–Kier alpha value is -2.50. The third kappa shape index (κ3) is 2.25. The van der Waals surface area contributed by atoms with Crippen LogP contribution in [0.3, 0.4) is 0 Å². The van der Waals surface area contributed by atoms with Crippen molar-refractivity contribution in [2.24, 2.45) is 16.7 Å². The molecular formula is C18H19NO5. The van der Waals surface area contributed by atoms with Gasteiger partial charge in [-0.2, -0.15) is 0 Å². The second-order valence-electron chi connectivity index (χ2n) is 7.25. The molecule has 0 spiro atoms. The van der Waals surface area contributed by atoms with Crippen molar-refractivity contribution in [2.75, 3.05) is 0 Å². The number of nitro benzene ring substituents is 1. The van der Waals surface area contributed by atoms with E-state index in [-0.39, 0.29) is 28.4 Å². The highest BCUT2D eigenvalue weighted by molar-refractivity contribution is 5.98. The van der Waals surface area contributed by atoms with E-state index in [1.807, 2.05) is 20.8 Å². The van der Waals surface area contributed by atoms with E-state index >= 15 is 0 Å². The monoisotopic (exact) mass is 329 g/mol. The molecule has 1 fully saturated rings. The maximum absolute atomic E-state index is 12.5. The number of fused-ring (bicyclic) bond motifs is 2. The number of nitro groups is 1. The maximum Gasteiger partial charge on any atom is 0.343 e. The summed E-state index contributed by atoms with van der Waals surface area (Å²) in [5, 5.41) is 10.7. The number of allylic oxidation sites excluding steroid dienone is 2. The molecule has 2 bridgehead atoms. The first-order valence-corrected chi connectivity index (χ1v) is 7.89. The Bertz CT molecular complexity index is 762. The molecule has 126 valence electrons. The summed E-state index contributed by atoms with van der Waals surface area (Å²) in [7, 11) is 0. The van der Waals surface area contributed by atoms with Crippen LogP contribution in [0.25, 0.3) is 0 Å². The molecule has 0 aromatic heterocycles. The summed E-state index contributed by atoms with van der Waals surface area (Å²) in [6, 6.07) is 5.23. The summed E-state index contributed by atoms with van der Waals surface area (Å²) < 4.78 is 5.49. The lowest BCUT2D eigenvalue weighted by molar-refractivity contribution is -0.384. The quantitative estimate of drug-likeness (QED) is 0.480. The fraction of sp³-hybridized carbons (Fsp3) is 0.444. The van der Waals surface area contributed by atoms with Crippen LogP contribution >= 0.6 is 0 Å². The van der Waals surface area contributed by atoms with Gasteiger partial charge in [0.1, 0.15) is 5.76 Å². The maximum atomic E-state index is 12.5. The second kappa shape index (κ2) is 5.26. The Labute approximate surface area is 139 Å². The molecule has 0 heterocycles. The van der Waals surface area contributed by atoms with E-state index < -0.39 is 16.3 Å². The van der Waals surface area contributed by atoms with E-state index in [0.717, 1.165) is 12.8 Å². The molecule has 0 amide bonds. The molecule has 0 N–H and O–H groups in total. The minimum atomic E-state index is -0.602. The fourth-order valence-electron chi connectivity index (χ4n) is 3.81. The van der Waals surface area contributed by atoms with Gasteiger partial charge in [-0.25, -0.2) is 4.79 Å². The summed E-state index contributed by atoms with van der Waals surface area (Å²) >= 11 is 0. The summed E-state index contributed by atoms with van der Waals surface area (Å²) in [6.07, 6.45) is 3.03. The van der Waals surface area contributed by atoms with Gasteiger partial charge in [-0.05, 0) is 30.4 Å². The Morgan fingerprint density at radius 2 is 1.88 bits per heavy atom. The van der Waals surface area contributed by atoms with Crippen LogP contribution in [-0.2, 0) is 9.53 Å². The van der Waals surface area contributed by atoms with Crippen molar-refractivity contribution in [2.45, 2.75) is 33.6 Å². The van der Waals surface area contributed by atoms with Crippen LogP contribution in [-0.4, -0.2) is 16.7 Å². The van der Waals surface area contributed by atoms with E-state index in [0.29, 0.717) is 5.76 Å². The average Bonchev–Trinajstić information content (AvgIpc) is 2.68. The van der Waals surface area contributed by atoms with Crippen LogP contribution in [0.5, 0.6) is 0 Å². The lowest BCUT2D eigenvalue weighted by atomic mass is 9.60. The van der Waals surface area contributed by atoms with Gasteiger partial charge in [0.05, 0.1) is 10.5 Å². The van der Waals surface area contributed by atoms with Gasteiger partial charge in [-0.1, -0.05) is 20.8 Å². The van der Waals surface area contributed by atoms with Crippen molar-refractivity contribution in [3.05, 3.63) is 51.8 Å². The van der Waals surface area contributed by atoms with Crippen molar-refractivity contribution >= 4 is 17.4 Å². The molecule has 0 radical (unpaired) electrons. The zero-order valence-corrected chi connectivity index (χ0v) is 13.9. The molecule has 0 aliphatic heterocycles. The topological polar surface area (TPSA) is 86.5 Å². The Morgan fingerprint density at radius 3 is 2.46 bits per heavy atom. The van der Waals surface area contributed by atoms with Crippen LogP contribution in [0.15, 0.2) is 36.1 Å². The number of nitrogens with zero attached hydrogens (tertiary/aromatic N) is 1. The van der Waals surface area contributed by atoms with Crippen molar-refractivity contribution in [3.63, 3.8) is 0 Å². The lowest BCUT2D eigenvalue weighted by Gasteiger charge is -2.43. The average molecular weight is 329 g/mol. The predicted octanol–water partition coefficient (Wildman–Crippen LogP) is 3.66. The van der Waals surface area contributed by atoms with Gasteiger partial charge in [-0.15, -0.1) is 0 Å². The Balaban J connectivity index is 1.83. The Morgan fingerprint density at radius 1 is 1.25 bits per heavy atom. The van der Waals surface area contributed by atoms with E-state index in [2.05, 4.69) is 0 Å². The van der Waals surface area contributed by atoms with Gasteiger partial charge in [0.15, 0.2) is 5.78 Å². The van der Waals surface area contributed by atoms with E-state index in [1.165, 1.54) is 30.3 Å². The summed E-state index contributed by atoms with van der Waals surface area (Å²) in [5.74, 6) is -0.187. The first-order chi connectivity index (χ1) is 11.2. The summed E-state index contributed by atoms with van der Waals surface area (Å²) in [4.78, 5) is 35.0. The number of benzene rings is 1. The highest BCUT2D eigenvalue weighted by atomic mass is 16.6. The van der Waals surface area contributed by atoms with Crippen molar-refractivity contribution < 1.29 is 19.2 Å². The minimum Gasteiger partial charge on any atom is -0.427 e. The Kier molecular flexibility index (Phi) is 3.59. The third-order valence-corrected chi connectivity index (χ3v) is 5.91. The number of hydrogen-bond acceptors (Lipinski definition) is 5. The van der Waals surface area contributed by atoms with Gasteiger partial charge in [0.2, 0.25) is 0 Å². The van der Waals surface area contributed by atoms with Gasteiger partial charge >= 0.3 is 5.97 Å². The molecule has 2 aliphatic carbocycles. The van der Waals surface area contributed by atoms with Gasteiger partial charge in [-0.3, -0.25) is 14.9 Å². The van der Waals surface area contributed by atoms with Crippen LogP contribution in [0, 0.1) is 26.9 Å². The van der Waals surface area contributed by atoms with Crippen molar-refractivity contribution in [1.29, 1.82) is 0 Å². The second-order valence-corrected chi connectivity index (χ2v) is 7.25. The van der Waals surface area contributed by atoms with E-state index in [1.54, 1.807) is 0 Å². The smallest absolute Gasteiger partial charge is 0.343 e. The van der Waals surface area contributed by atoms with E-state index in [4.69, 9.17) is 4.74 Å². The lowest BCUT2D eigenvalue weighted by Crippen LogP contribution is -2.44. The van der Waals surface area contributed by atoms with Crippen LogP contribution < -0.4 is 0 Å². The molecule has 24 heavy (non-hydrogen) atoms. The number of esters is 1. The van der Waals surface area contributed by atoms with Crippen molar-refractivity contribution in [1.82, 2.24) is 0 Å². The number of ether oxygens (including phenoxy) is 1. The molecule has 3 rings (SSSR count). The molecule has 0 unspecified atom stereocenters. The highest BCUT2D eigenvalue weighted by Crippen LogP contribution is 2.61. The highest BCUT2D eigenvalue weighted by Gasteiger charge is 2.59. The number of non-ortho nitro benzene ring substituents is 1. The van der Waals surface area contributed by atoms with E-state index in [9.17, 15) is 19.7 Å². The zero-order valence-electron chi connectivity index (χ0n) is 13.9. The van der Waals surface area contributed by atoms with Crippen LogP contribution in [0.2, 0.25) is 0 Å². The number of carbonyl (C=O) groups is 2. The van der Waals surface area contributed by atoms with Gasteiger partial charge in [0.25, 0.3) is 5.69 Å². The molecule has 6 nitrogen and oxygen atoms in total. The number of carbonyl (C=O) groups excluding carboxylic acids is 2. The molecule has 2 aliphatic rings. The number of ketones is 1.